The maximum atomic E-state index is 11.7. The fourth-order valence-corrected chi connectivity index (χ4v) is 2.55. The lowest BCUT2D eigenvalue weighted by atomic mass is 10.1. The number of rotatable bonds is 9. The number of anilines is 1. The number of hydrogen-bond acceptors (Lipinski definition) is 5. The number of hydrogen-bond donors (Lipinski definition) is 1. The summed E-state index contributed by atoms with van der Waals surface area (Å²) in [6, 6.07) is 10.8. The van der Waals surface area contributed by atoms with Crippen molar-refractivity contribution in [2.75, 3.05) is 25.6 Å². The summed E-state index contributed by atoms with van der Waals surface area (Å²) >= 11 is 6.37. The summed E-state index contributed by atoms with van der Waals surface area (Å²) in [5.74, 6) is 0.966. The van der Waals surface area contributed by atoms with Crippen LogP contribution in [0.4, 0.5) is 5.69 Å². The van der Waals surface area contributed by atoms with E-state index in [0.29, 0.717) is 41.8 Å². The molecular formula is C20H24ClNO4. The largest absolute Gasteiger partial charge is 0.493 e. The standard InChI is InChI=1S/C20H24ClNO4/c1-4-10-26-19-12-17(21)15(11-18(19)24-3)13-22-16-8-6-14(7-9-16)20(23)25-5-2/h6-9,11-12,22H,4-5,10,13H2,1-3H3. The van der Waals surface area contributed by atoms with Crippen molar-refractivity contribution in [3.63, 3.8) is 0 Å². The van der Waals surface area contributed by atoms with Crippen LogP contribution >= 0.6 is 11.6 Å². The van der Waals surface area contributed by atoms with Gasteiger partial charge < -0.3 is 19.5 Å². The van der Waals surface area contributed by atoms with Crippen molar-refractivity contribution in [3.8, 4) is 11.5 Å². The molecule has 2 aromatic carbocycles. The SMILES string of the molecule is CCCOc1cc(Cl)c(CNc2ccc(C(=O)OCC)cc2)cc1OC. The summed E-state index contributed by atoms with van der Waals surface area (Å²) in [7, 11) is 1.60. The number of methoxy groups -OCH3 is 1. The van der Waals surface area contributed by atoms with Crippen LogP contribution in [0, 0.1) is 0 Å². The highest BCUT2D eigenvalue weighted by Crippen LogP contribution is 2.33. The molecule has 26 heavy (non-hydrogen) atoms. The molecule has 0 fully saturated rings. The molecule has 5 nitrogen and oxygen atoms in total. The van der Waals surface area contributed by atoms with E-state index >= 15 is 0 Å². The normalized spacial score (nSPS) is 10.3. The Bertz CT molecular complexity index is 731. The number of carbonyl (C=O) groups is 1. The maximum Gasteiger partial charge on any atom is 0.338 e. The van der Waals surface area contributed by atoms with Crippen LogP contribution in [-0.2, 0) is 11.3 Å². The van der Waals surface area contributed by atoms with Gasteiger partial charge in [0, 0.05) is 23.3 Å². The van der Waals surface area contributed by atoms with E-state index in [0.717, 1.165) is 17.7 Å². The highest BCUT2D eigenvalue weighted by Gasteiger charge is 2.11. The highest BCUT2D eigenvalue weighted by atomic mass is 35.5. The first-order valence-electron chi connectivity index (χ1n) is 8.59. The molecule has 0 aliphatic heterocycles. The van der Waals surface area contributed by atoms with Gasteiger partial charge in [-0.15, -0.1) is 0 Å². The average molecular weight is 378 g/mol. The molecule has 0 heterocycles. The minimum atomic E-state index is -0.325. The summed E-state index contributed by atoms with van der Waals surface area (Å²) in [5.41, 5.74) is 2.29. The third-order valence-electron chi connectivity index (χ3n) is 3.67. The number of ether oxygens (including phenoxy) is 3. The lowest BCUT2D eigenvalue weighted by Crippen LogP contribution is -2.05. The fraction of sp³-hybridized carbons (Fsp3) is 0.350. The molecule has 0 aliphatic rings. The summed E-state index contributed by atoms with van der Waals surface area (Å²) in [5, 5.41) is 3.89. The van der Waals surface area contributed by atoms with Gasteiger partial charge in [0.25, 0.3) is 0 Å². The lowest BCUT2D eigenvalue weighted by molar-refractivity contribution is 0.0526. The van der Waals surface area contributed by atoms with E-state index in [1.54, 1.807) is 32.2 Å². The zero-order valence-electron chi connectivity index (χ0n) is 15.3. The smallest absolute Gasteiger partial charge is 0.338 e. The van der Waals surface area contributed by atoms with Gasteiger partial charge in [-0.25, -0.2) is 4.79 Å². The second kappa shape index (κ2) is 9.92. The number of halogens is 1. The first-order chi connectivity index (χ1) is 12.6. The van der Waals surface area contributed by atoms with Crippen LogP contribution in [0.15, 0.2) is 36.4 Å². The van der Waals surface area contributed by atoms with E-state index in [9.17, 15) is 4.79 Å². The third-order valence-corrected chi connectivity index (χ3v) is 4.03. The van der Waals surface area contributed by atoms with Crippen LogP contribution < -0.4 is 14.8 Å². The van der Waals surface area contributed by atoms with E-state index in [-0.39, 0.29) is 5.97 Å². The van der Waals surface area contributed by atoms with Crippen molar-refractivity contribution in [3.05, 3.63) is 52.5 Å². The van der Waals surface area contributed by atoms with Gasteiger partial charge in [-0.3, -0.25) is 0 Å². The topological polar surface area (TPSA) is 56.8 Å². The maximum absolute atomic E-state index is 11.7. The molecule has 0 spiro atoms. The van der Waals surface area contributed by atoms with Gasteiger partial charge in [0.2, 0.25) is 0 Å². The quantitative estimate of drug-likeness (QED) is 0.628. The Balaban J connectivity index is 2.05. The van der Waals surface area contributed by atoms with Crippen LogP contribution in [0.3, 0.4) is 0 Å². The van der Waals surface area contributed by atoms with Gasteiger partial charge >= 0.3 is 5.97 Å². The van der Waals surface area contributed by atoms with Crippen molar-refractivity contribution in [1.82, 2.24) is 0 Å². The van der Waals surface area contributed by atoms with Gasteiger partial charge in [-0.05, 0) is 49.2 Å². The number of nitrogens with one attached hydrogen (secondary N) is 1. The van der Waals surface area contributed by atoms with Gasteiger partial charge in [-0.1, -0.05) is 18.5 Å². The molecule has 2 aromatic rings. The monoisotopic (exact) mass is 377 g/mol. The van der Waals surface area contributed by atoms with E-state index in [1.165, 1.54) is 0 Å². The van der Waals surface area contributed by atoms with Crippen molar-refractivity contribution in [1.29, 1.82) is 0 Å². The molecule has 0 aliphatic carbocycles. The molecule has 0 atom stereocenters. The lowest BCUT2D eigenvalue weighted by Gasteiger charge is -2.14. The summed E-state index contributed by atoms with van der Waals surface area (Å²) < 4.78 is 16.0. The second-order valence-electron chi connectivity index (χ2n) is 5.59. The van der Waals surface area contributed by atoms with E-state index in [4.69, 9.17) is 25.8 Å². The molecule has 2 rings (SSSR count). The molecular weight excluding hydrogens is 354 g/mol. The Morgan fingerprint density at radius 1 is 1.12 bits per heavy atom. The first kappa shape index (κ1) is 19.9. The number of benzene rings is 2. The van der Waals surface area contributed by atoms with Crippen molar-refractivity contribution in [2.45, 2.75) is 26.8 Å². The summed E-state index contributed by atoms with van der Waals surface area (Å²) in [6.45, 7) is 5.31. The summed E-state index contributed by atoms with van der Waals surface area (Å²) in [4.78, 5) is 11.7. The van der Waals surface area contributed by atoms with Gasteiger partial charge in [-0.2, -0.15) is 0 Å². The van der Waals surface area contributed by atoms with E-state index in [2.05, 4.69) is 5.32 Å². The Hall–Kier alpha value is -2.40. The zero-order valence-corrected chi connectivity index (χ0v) is 16.1. The molecule has 0 bridgehead atoms. The van der Waals surface area contributed by atoms with Crippen LogP contribution in [0.5, 0.6) is 11.5 Å². The molecule has 0 unspecified atom stereocenters. The fourth-order valence-electron chi connectivity index (χ4n) is 2.33. The minimum Gasteiger partial charge on any atom is -0.493 e. The zero-order chi connectivity index (χ0) is 18.9. The number of esters is 1. The van der Waals surface area contributed by atoms with Crippen molar-refractivity contribution in [2.24, 2.45) is 0 Å². The Kier molecular flexibility index (Phi) is 7.60. The predicted molar refractivity (Wildman–Crippen MR) is 104 cm³/mol. The van der Waals surface area contributed by atoms with Crippen molar-refractivity contribution < 1.29 is 19.0 Å². The Labute approximate surface area is 159 Å². The third kappa shape index (κ3) is 5.30. The minimum absolute atomic E-state index is 0.325. The van der Waals surface area contributed by atoms with Crippen LogP contribution in [-0.4, -0.2) is 26.3 Å². The highest BCUT2D eigenvalue weighted by molar-refractivity contribution is 6.31. The first-order valence-corrected chi connectivity index (χ1v) is 8.97. The van der Waals surface area contributed by atoms with E-state index in [1.807, 2.05) is 25.1 Å². The Morgan fingerprint density at radius 2 is 1.85 bits per heavy atom. The second-order valence-corrected chi connectivity index (χ2v) is 6.00. The molecule has 6 heteroatoms. The van der Waals surface area contributed by atoms with Gasteiger partial charge in [0.05, 0.1) is 25.9 Å². The molecule has 0 saturated carbocycles. The number of carbonyl (C=O) groups excluding carboxylic acids is 1. The van der Waals surface area contributed by atoms with Gasteiger partial charge in [0.1, 0.15) is 0 Å². The van der Waals surface area contributed by atoms with Crippen LogP contribution in [0.1, 0.15) is 36.2 Å². The van der Waals surface area contributed by atoms with E-state index < -0.39 is 0 Å². The van der Waals surface area contributed by atoms with Gasteiger partial charge in [0.15, 0.2) is 11.5 Å². The summed E-state index contributed by atoms with van der Waals surface area (Å²) in [6.07, 6.45) is 0.909. The molecule has 1 N–H and O–H groups in total. The predicted octanol–water partition coefficient (Wildman–Crippen LogP) is 4.93. The molecule has 0 aromatic heterocycles. The molecule has 0 amide bonds. The molecule has 140 valence electrons. The van der Waals surface area contributed by atoms with Crippen LogP contribution in [0.2, 0.25) is 5.02 Å². The Morgan fingerprint density at radius 3 is 2.46 bits per heavy atom. The molecule has 0 radical (unpaired) electrons. The molecule has 0 saturated heterocycles. The van der Waals surface area contributed by atoms with Crippen LogP contribution in [0.25, 0.3) is 0 Å². The average Bonchev–Trinajstić information content (AvgIpc) is 2.66. The van der Waals surface area contributed by atoms with Crippen molar-refractivity contribution >= 4 is 23.3 Å².